The van der Waals surface area contributed by atoms with E-state index in [1.54, 1.807) is 30.6 Å². The van der Waals surface area contributed by atoms with Crippen LogP contribution >= 0.6 is 35.2 Å². The molecule has 2 aromatic rings. The molecule has 3 nitrogen and oxygen atoms in total. The van der Waals surface area contributed by atoms with Gasteiger partial charge in [-0.1, -0.05) is 30.2 Å². The number of thiazole rings is 1. The van der Waals surface area contributed by atoms with Crippen LogP contribution in [0.4, 0.5) is 0 Å². The van der Waals surface area contributed by atoms with Gasteiger partial charge in [-0.3, -0.25) is 0 Å². The van der Waals surface area contributed by atoms with E-state index in [1.165, 1.54) is 19.3 Å². The normalized spacial score (nSPS) is 15.6. The maximum atomic E-state index is 6.07. The molecule has 116 valence electrons. The first-order valence-corrected chi connectivity index (χ1v) is 8.90. The summed E-state index contributed by atoms with van der Waals surface area (Å²) >= 11 is 13.2. The number of methoxy groups -OCH3 is 1. The number of rotatable bonds is 4. The van der Waals surface area contributed by atoms with Gasteiger partial charge in [-0.25, -0.2) is 4.99 Å². The number of hydrogen-bond acceptors (Lipinski definition) is 3. The van der Waals surface area contributed by atoms with Crippen molar-refractivity contribution >= 4 is 40.1 Å². The molecule has 1 saturated carbocycles. The van der Waals surface area contributed by atoms with Gasteiger partial charge in [0.2, 0.25) is 0 Å². The molecule has 6 heteroatoms. The Hall–Kier alpha value is -1.17. The van der Waals surface area contributed by atoms with E-state index in [-0.39, 0.29) is 0 Å². The molecular weight excluding hydrogens is 336 g/mol. The van der Waals surface area contributed by atoms with Gasteiger partial charge in [-0.15, -0.1) is 11.3 Å². The Balaban J connectivity index is 1.90. The molecule has 1 aliphatic rings. The van der Waals surface area contributed by atoms with Crippen molar-refractivity contribution in [3.8, 4) is 5.75 Å². The summed E-state index contributed by atoms with van der Waals surface area (Å²) < 4.78 is 7.54. The van der Waals surface area contributed by atoms with Crippen LogP contribution < -0.4 is 9.54 Å². The highest BCUT2D eigenvalue weighted by Crippen LogP contribution is 2.27. The van der Waals surface area contributed by atoms with Crippen LogP contribution in [0.2, 0.25) is 5.02 Å². The molecule has 0 aliphatic heterocycles. The minimum atomic E-state index is 0.504. The Labute approximate surface area is 144 Å². The molecule has 0 radical (unpaired) electrons. The quantitative estimate of drug-likeness (QED) is 0.767. The summed E-state index contributed by atoms with van der Waals surface area (Å²) in [6.07, 6.45) is 6.06. The Morgan fingerprint density at radius 3 is 3.00 bits per heavy atom. The molecule has 1 fully saturated rings. The van der Waals surface area contributed by atoms with Crippen LogP contribution in [0.1, 0.15) is 24.8 Å². The van der Waals surface area contributed by atoms with E-state index in [1.807, 2.05) is 6.07 Å². The van der Waals surface area contributed by atoms with E-state index >= 15 is 0 Å². The zero-order valence-electron chi connectivity index (χ0n) is 12.3. The highest BCUT2D eigenvalue weighted by molar-refractivity contribution is 7.80. The van der Waals surface area contributed by atoms with Crippen molar-refractivity contribution in [3.63, 3.8) is 0 Å². The Kier molecular flexibility index (Phi) is 4.96. The molecule has 3 rings (SSSR count). The second-order valence-electron chi connectivity index (χ2n) is 5.40. The van der Waals surface area contributed by atoms with E-state index in [0.717, 1.165) is 22.8 Å². The van der Waals surface area contributed by atoms with Crippen molar-refractivity contribution in [1.82, 2.24) is 4.57 Å². The number of hydrogen-bond donors (Lipinski definition) is 0. The van der Waals surface area contributed by atoms with Crippen LogP contribution in [0.5, 0.6) is 5.75 Å². The summed E-state index contributed by atoms with van der Waals surface area (Å²) in [5.74, 6) is 1.48. The van der Waals surface area contributed by atoms with Gasteiger partial charge in [-0.2, -0.15) is 0 Å². The third kappa shape index (κ3) is 3.42. The van der Waals surface area contributed by atoms with Crippen molar-refractivity contribution in [2.45, 2.75) is 25.8 Å². The molecular formula is C16H17ClN2OS2. The summed E-state index contributed by atoms with van der Waals surface area (Å²) in [7, 11) is 1.62. The van der Waals surface area contributed by atoms with Gasteiger partial charge in [0.1, 0.15) is 10.7 Å². The summed E-state index contributed by atoms with van der Waals surface area (Å²) in [6, 6.07) is 5.40. The maximum absolute atomic E-state index is 6.07. The first-order valence-electron chi connectivity index (χ1n) is 7.24. The fourth-order valence-electron chi connectivity index (χ4n) is 2.47. The van der Waals surface area contributed by atoms with Gasteiger partial charge < -0.3 is 9.30 Å². The summed E-state index contributed by atoms with van der Waals surface area (Å²) in [5, 5.41) is 2.68. The average molecular weight is 353 g/mol. The molecule has 1 heterocycles. The third-order valence-electron chi connectivity index (χ3n) is 3.93. The van der Waals surface area contributed by atoms with Crippen molar-refractivity contribution in [3.05, 3.63) is 45.2 Å². The van der Waals surface area contributed by atoms with Crippen LogP contribution in [0.3, 0.4) is 0 Å². The fourth-order valence-corrected chi connectivity index (χ4v) is 3.69. The molecule has 22 heavy (non-hydrogen) atoms. The zero-order chi connectivity index (χ0) is 15.5. The number of benzene rings is 1. The Bertz CT molecular complexity index is 747. The van der Waals surface area contributed by atoms with Crippen LogP contribution in [-0.4, -0.2) is 16.7 Å². The molecule has 1 aromatic carbocycles. The first kappa shape index (κ1) is 15.7. The number of nitrogens with zero attached hydrogens (tertiary/aromatic N) is 2. The minimum Gasteiger partial charge on any atom is -0.496 e. The summed E-state index contributed by atoms with van der Waals surface area (Å²) in [5.41, 5.74) is 0.758. The monoisotopic (exact) mass is 352 g/mol. The second kappa shape index (κ2) is 6.94. The maximum Gasteiger partial charge on any atom is 0.190 e. The number of ether oxygens (including phenoxy) is 1. The number of aromatic nitrogens is 1. The van der Waals surface area contributed by atoms with Gasteiger partial charge in [0.15, 0.2) is 4.80 Å². The SMILES string of the molecule is COc1ccc(Cl)cc1C(=S)/N=c1\sccn1CC1CCC1. The molecule has 0 bridgehead atoms. The van der Waals surface area contributed by atoms with Gasteiger partial charge in [0.25, 0.3) is 0 Å². The van der Waals surface area contributed by atoms with Crippen LogP contribution in [0.15, 0.2) is 34.8 Å². The van der Waals surface area contributed by atoms with Gasteiger partial charge in [0, 0.05) is 23.1 Å². The van der Waals surface area contributed by atoms with Crippen LogP contribution in [-0.2, 0) is 6.54 Å². The lowest BCUT2D eigenvalue weighted by Gasteiger charge is -2.25. The molecule has 0 saturated heterocycles. The smallest absolute Gasteiger partial charge is 0.190 e. The lowest BCUT2D eigenvalue weighted by atomic mass is 9.85. The molecule has 1 aromatic heterocycles. The van der Waals surface area contributed by atoms with Crippen LogP contribution in [0.25, 0.3) is 0 Å². The molecule has 0 atom stereocenters. The first-order chi connectivity index (χ1) is 10.7. The Morgan fingerprint density at radius 1 is 1.50 bits per heavy atom. The predicted octanol–water partition coefficient (Wildman–Crippen LogP) is 4.29. The highest BCUT2D eigenvalue weighted by Gasteiger charge is 2.18. The topological polar surface area (TPSA) is 26.5 Å². The van der Waals surface area contributed by atoms with Gasteiger partial charge in [0.05, 0.1) is 12.7 Å². The number of halogens is 1. The van der Waals surface area contributed by atoms with E-state index in [0.29, 0.717) is 15.8 Å². The van der Waals surface area contributed by atoms with Crippen molar-refractivity contribution in [1.29, 1.82) is 0 Å². The fraction of sp³-hybridized carbons (Fsp3) is 0.375. The summed E-state index contributed by atoms with van der Waals surface area (Å²) in [6.45, 7) is 1.03. The Morgan fingerprint density at radius 2 is 2.32 bits per heavy atom. The minimum absolute atomic E-state index is 0.504. The molecule has 0 unspecified atom stereocenters. The highest BCUT2D eigenvalue weighted by atomic mass is 35.5. The van der Waals surface area contributed by atoms with Gasteiger partial charge in [-0.05, 0) is 37.0 Å². The van der Waals surface area contributed by atoms with Gasteiger partial charge >= 0.3 is 0 Å². The van der Waals surface area contributed by atoms with E-state index < -0.39 is 0 Å². The lowest BCUT2D eigenvalue weighted by molar-refractivity contribution is 0.274. The molecule has 0 amide bonds. The van der Waals surface area contributed by atoms with E-state index in [4.69, 9.17) is 28.6 Å². The third-order valence-corrected chi connectivity index (χ3v) is 5.27. The zero-order valence-corrected chi connectivity index (χ0v) is 14.7. The molecule has 0 N–H and O–H groups in total. The number of thiocarbonyl (C=S) groups is 1. The lowest BCUT2D eigenvalue weighted by Crippen LogP contribution is -2.24. The molecule has 0 spiro atoms. The second-order valence-corrected chi connectivity index (χ2v) is 7.09. The van der Waals surface area contributed by atoms with Crippen molar-refractivity contribution in [2.75, 3.05) is 7.11 Å². The van der Waals surface area contributed by atoms with Crippen molar-refractivity contribution < 1.29 is 4.74 Å². The van der Waals surface area contributed by atoms with E-state index in [2.05, 4.69) is 21.1 Å². The van der Waals surface area contributed by atoms with Crippen LogP contribution in [0, 0.1) is 5.92 Å². The summed E-state index contributed by atoms with van der Waals surface area (Å²) in [4.78, 5) is 6.06. The average Bonchev–Trinajstić information content (AvgIpc) is 2.90. The predicted molar refractivity (Wildman–Crippen MR) is 94.9 cm³/mol. The van der Waals surface area contributed by atoms with E-state index in [9.17, 15) is 0 Å². The van der Waals surface area contributed by atoms with Crippen molar-refractivity contribution in [2.24, 2.45) is 10.9 Å². The standard InChI is InChI=1S/C16H17ClN2OS2/c1-20-14-6-5-12(17)9-13(14)15(21)18-16-19(7-8-22-16)10-11-3-2-4-11/h5-9,11H,2-4,10H2,1H3/b18-16-. The largest absolute Gasteiger partial charge is 0.496 e. The molecule has 1 aliphatic carbocycles.